The fraction of sp³-hybridized carbons (Fsp3) is 0.200. The van der Waals surface area contributed by atoms with Crippen molar-refractivity contribution in [2.24, 2.45) is 5.73 Å². The number of hydrogen-bond acceptors (Lipinski definition) is 1. The fourth-order valence-corrected chi connectivity index (χ4v) is 2.91. The normalized spacial score (nSPS) is 11.1. The highest BCUT2D eigenvalue weighted by Crippen LogP contribution is 2.29. The van der Waals surface area contributed by atoms with Gasteiger partial charge in [-0.25, -0.2) is 0 Å². The van der Waals surface area contributed by atoms with Gasteiger partial charge in [0.25, 0.3) is 0 Å². The summed E-state index contributed by atoms with van der Waals surface area (Å²) in [5, 5.41) is 1.23. The summed E-state index contributed by atoms with van der Waals surface area (Å²) in [5.74, 6) is 0. The number of hydrogen-bond donors (Lipinski definition) is 2. The first-order valence-corrected chi connectivity index (χ1v) is 5.96. The molecule has 0 spiro atoms. The Labute approximate surface area is 99.1 Å². The zero-order valence-corrected chi connectivity index (χ0v) is 10.7. The van der Waals surface area contributed by atoms with Crippen LogP contribution in [0.3, 0.4) is 0 Å². The predicted octanol–water partition coefficient (Wildman–Crippen LogP) is 3.19. The van der Waals surface area contributed by atoms with E-state index in [4.69, 9.17) is 5.73 Å². The van der Waals surface area contributed by atoms with E-state index < -0.39 is 0 Å². The number of aromatic amines is 1. The van der Waals surface area contributed by atoms with Crippen LogP contribution in [0.15, 0.2) is 27.3 Å². The molecule has 0 saturated carbocycles. The minimum Gasteiger partial charge on any atom is -0.360 e. The summed E-state index contributed by atoms with van der Waals surface area (Å²) in [6.07, 6.45) is 2.93. The van der Waals surface area contributed by atoms with Crippen molar-refractivity contribution in [1.82, 2.24) is 4.98 Å². The average Bonchev–Trinajstić information content (AvgIpc) is 2.49. The highest BCUT2D eigenvalue weighted by atomic mass is 79.9. The number of nitrogens with one attached hydrogen (secondary N) is 1. The standard InChI is InChI=1S/C10H10Br2N2/c11-7-3-8-6(1-2-13)5-14-10(8)9(12)4-7/h3-5,14H,1-2,13H2. The largest absolute Gasteiger partial charge is 0.360 e. The molecule has 4 heteroatoms. The molecule has 14 heavy (non-hydrogen) atoms. The molecule has 2 nitrogen and oxygen atoms in total. The molecule has 0 unspecified atom stereocenters. The maximum Gasteiger partial charge on any atom is 0.0601 e. The van der Waals surface area contributed by atoms with Gasteiger partial charge in [0, 0.05) is 20.5 Å². The highest BCUT2D eigenvalue weighted by molar-refractivity contribution is 9.11. The summed E-state index contributed by atoms with van der Waals surface area (Å²) in [5.41, 5.74) is 7.95. The molecule has 74 valence electrons. The van der Waals surface area contributed by atoms with E-state index in [1.165, 1.54) is 10.9 Å². The van der Waals surface area contributed by atoms with Gasteiger partial charge >= 0.3 is 0 Å². The highest BCUT2D eigenvalue weighted by Gasteiger charge is 2.06. The third kappa shape index (κ3) is 1.74. The monoisotopic (exact) mass is 316 g/mol. The molecular formula is C10H10Br2N2. The van der Waals surface area contributed by atoms with Gasteiger partial charge in [-0.2, -0.15) is 0 Å². The molecule has 0 aliphatic rings. The van der Waals surface area contributed by atoms with E-state index in [0.29, 0.717) is 6.54 Å². The zero-order chi connectivity index (χ0) is 10.1. The summed E-state index contributed by atoms with van der Waals surface area (Å²) in [6, 6.07) is 4.15. The SMILES string of the molecule is NCCc1c[nH]c2c(Br)cc(Br)cc12. The molecular weight excluding hydrogens is 308 g/mol. The second-order valence-corrected chi connectivity index (χ2v) is 4.93. The van der Waals surface area contributed by atoms with Crippen LogP contribution in [0.25, 0.3) is 10.9 Å². The lowest BCUT2D eigenvalue weighted by Crippen LogP contribution is -2.01. The summed E-state index contributed by atoms with van der Waals surface area (Å²) in [7, 11) is 0. The summed E-state index contributed by atoms with van der Waals surface area (Å²) in [4.78, 5) is 3.25. The minimum atomic E-state index is 0.678. The van der Waals surface area contributed by atoms with E-state index in [-0.39, 0.29) is 0 Å². The Kier molecular flexibility index (Phi) is 2.95. The van der Waals surface area contributed by atoms with Crippen molar-refractivity contribution < 1.29 is 0 Å². The second-order valence-electron chi connectivity index (χ2n) is 3.16. The molecule has 0 amide bonds. The van der Waals surface area contributed by atoms with E-state index in [9.17, 15) is 0 Å². The number of rotatable bonds is 2. The third-order valence-electron chi connectivity index (χ3n) is 2.21. The van der Waals surface area contributed by atoms with Crippen molar-refractivity contribution in [2.75, 3.05) is 6.54 Å². The number of H-pyrrole nitrogens is 1. The summed E-state index contributed by atoms with van der Waals surface area (Å²) < 4.78 is 2.15. The van der Waals surface area contributed by atoms with Gasteiger partial charge in [-0.15, -0.1) is 0 Å². The molecule has 0 fully saturated rings. The van der Waals surface area contributed by atoms with Crippen molar-refractivity contribution in [3.63, 3.8) is 0 Å². The van der Waals surface area contributed by atoms with Crippen LogP contribution < -0.4 is 5.73 Å². The second kappa shape index (κ2) is 4.04. The van der Waals surface area contributed by atoms with Crippen LogP contribution in [0.4, 0.5) is 0 Å². The number of benzene rings is 1. The van der Waals surface area contributed by atoms with Crippen molar-refractivity contribution in [1.29, 1.82) is 0 Å². The van der Waals surface area contributed by atoms with Crippen LogP contribution in [-0.4, -0.2) is 11.5 Å². The first kappa shape index (κ1) is 10.2. The molecule has 0 aliphatic heterocycles. The quantitative estimate of drug-likeness (QED) is 0.877. The van der Waals surface area contributed by atoms with Crippen molar-refractivity contribution in [3.05, 3.63) is 32.8 Å². The summed E-state index contributed by atoms with van der Waals surface area (Å²) >= 11 is 7.00. The van der Waals surface area contributed by atoms with Crippen LogP contribution in [-0.2, 0) is 6.42 Å². The molecule has 2 aromatic rings. The number of nitrogens with two attached hydrogens (primary N) is 1. The molecule has 0 aliphatic carbocycles. The van der Waals surface area contributed by atoms with Gasteiger partial charge in [-0.05, 0) is 46.6 Å². The lowest BCUT2D eigenvalue weighted by molar-refractivity contribution is 0.976. The topological polar surface area (TPSA) is 41.8 Å². The van der Waals surface area contributed by atoms with Gasteiger partial charge in [-0.1, -0.05) is 15.9 Å². The Bertz CT molecular complexity index is 462. The van der Waals surface area contributed by atoms with E-state index in [1.54, 1.807) is 0 Å². The van der Waals surface area contributed by atoms with E-state index in [0.717, 1.165) is 20.9 Å². The van der Waals surface area contributed by atoms with Crippen molar-refractivity contribution >= 4 is 42.8 Å². The molecule has 0 radical (unpaired) electrons. The average molecular weight is 318 g/mol. The van der Waals surface area contributed by atoms with Crippen LogP contribution in [0.2, 0.25) is 0 Å². The Hall–Kier alpha value is -0.320. The number of aromatic nitrogens is 1. The molecule has 0 atom stereocenters. The predicted molar refractivity (Wildman–Crippen MR) is 66.5 cm³/mol. The third-order valence-corrected chi connectivity index (χ3v) is 3.29. The van der Waals surface area contributed by atoms with Crippen LogP contribution in [0.5, 0.6) is 0 Å². The van der Waals surface area contributed by atoms with Crippen LogP contribution in [0, 0.1) is 0 Å². The van der Waals surface area contributed by atoms with Gasteiger partial charge in [-0.3, -0.25) is 0 Å². The molecule has 0 saturated heterocycles. The molecule has 3 N–H and O–H groups in total. The first-order chi connectivity index (χ1) is 6.72. The Morgan fingerprint density at radius 3 is 2.79 bits per heavy atom. The van der Waals surface area contributed by atoms with Gasteiger partial charge < -0.3 is 10.7 Å². The fourth-order valence-electron chi connectivity index (χ4n) is 1.57. The zero-order valence-electron chi connectivity index (χ0n) is 7.48. The lowest BCUT2D eigenvalue weighted by atomic mass is 10.1. The molecule has 1 heterocycles. The molecule has 2 rings (SSSR count). The lowest BCUT2D eigenvalue weighted by Gasteiger charge is -1.99. The minimum absolute atomic E-state index is 0.678. The van der Waals surface area contributed by atoms with E-state index in [2.05, 4.69) is 42.9 Å². The maximum atomic E-state index is 5.55. The molecule has 1 aromatic heterocycles. The number of fused-ring (bicyclic) bond motifs is 1. The van der Waals surface area contributed by atoms with Gasteiger partial charge in [0.15, 0.2) is 0 Å². The van der Waals surface area contributed by atoms with Gasteiger partial charge in [0.05, 0.1) is 5.52 Å². The Morgan fingerprint density at radius 2 is 2.07 bits per heavy atom. The first-order valence-electron chi connectivity index (χ1n) is 4.37. The van der Waals surface area contributed by atoms with Crippen molar-refractivity contribution in [2.45, 2.75) is 6.42 Å². The molecule has 1 aromatic carbocycles. The van der Waals surface area contributed by atoms with Gasteiger partial charge in [0.1, 0.15) is 0 Å². The Balaban J connectivity index is 2.66. The number of halogens is 2. The maximum absolute atomic E-state index is 5.55. The Morgan fingerprint density at radius 1 is 1.29 bits per heavy atom. The summed E-state index contributed by atoms with van der Waals surface area (Å²) in [6.45, 7) is 0.678. The van der Waals surface area contributed by atoms with Crippen LogP contribution >= 0.6 is 31.9 Å². The smallest absolute Gasteiger partial charge is 0.0601 e. The van der Waals surface area contributed by atoms with E-state index in [1.807, 2.05) is 12.3 Å². The van der Waals surface area contributed by atoms with E-state index >= 15 is 0 Å². The molecule has 0 bridgehead atoms. The van der Waals surface area contributed by atoms with Crippen LogP contribution in [0.1, 0.15) is 5.56 Å². The van der Waals surface area contributed by atoms with Gasteiger partial charge in [0.2, 0.25) is 0 Å². The van der Waals surface area contributed by atoms with Crippen molar-refractivity contribution in [3.8, 4) is 0 Å².